The van der Waals surface area contributed by atoms with Gasteiger partial charge in [0.15, 0.2) is 0 Å². The summed E-state index contributed by atoms with van der Waals surface area (Å²) in [5, 5.41) is 0. The molecule has 0 unspecified atom stereocenters. The minimum Gasteiger partial charge on any atom is -0.272 e. The molecule has 1 aromatic rings. The molecule has 1 amide bonds. The first-order valence-corrected chi connectivity index (χ1v) is 3.50. The number of nitrogens with one attached hydrogen (secondary N) is 1. The highest BCUT2D eigenvalue weighted by Crippen LogP contribution is 1.85. The third-order valence-corrected chi connectivity index (χ3v) is 1.29. The lowest BCUT2D eigenvalue weighted by Crippen LogP contribution is -2.22. The fourth-order valence-corrected chi connectivity index (χ4v) is 0.659. The van der Waals surface area contributed by atoms with Gasteiger partial charge in [-0.15, -0.1) is 0 Å². The Morgan fingerprint density at radius 3 is 2.60 bits per heavy atom. The van der Waals surface area contributed by atoms with Crippen molar-refractivity contribution in [3.05, 3.63) is 24.5 Å². The first-order chi connectivity index (χ1) is 4.83. The van der Waals surface area contributed by atoms with Crippen LogP contribution in [-0.2, 0) is 4.79 Å². The smallest absolute Gasteiger partial charge is 0.248 e. The van der Waals surface area contributed by atoms with Gasteiger partial charge in [-0.25, -0.2) is 0 Å². The van der Waals surface area contributed by atoms with E-state index in [0.29, 0.717) is 0 Å². The fraction of sp³-hybridized carbons (Fsp3) is 0.167. The molecule has 0 aliphatic rings. The third-order valence-electron chi connectivity index (χ3n) is 1.00. The topological polar surface area (TPSA) is 34.0 Å². The first-order valence-electron chi connectivity index (χ1n) is 2.86. The summed E-state index contributed by atoms with van der Waals surface area (Å²) >= 11 is 3.80. The highest BCUT2D eigenvalue weighted by Gasteiger charge is 1.94. The second kappa shape index (κ2) is 3.31. The maximum absolute atomic E-state index is 10.7. The summed E-state index contributed by atoms with van der Waals surface area (Å²) in [4.78, 5) is 10.7. The molecule has 1 rings (SSSR count). The molecule has 0 saturated heterocycles. The molecular formula is C6H8N2OS. The van der Waals surface area contributed by atoms with Crippen molar-refractivity contribution >= 4 is 18.5 Å². The maximum Gasteiger partial charge on any atom is 0.248 e. The number of carbonyl (C=O) groups excluding carboxylic acids is 1. The van der Waals surface area contributed by atoms with Crippen LogP contribution in [0.4, 0.5) is 0 Å². The van der Waals surface area contributed by atoms with Crippen LogP contribution in [0.3, 0.4) is 0 Å². The normalized spacial score (nSPS) is 9.30. The number of hydrogen-bond acceptors (Lipinski definition) is 2. The van der Waals surface area contributed by atoms with Gasteiger partial charge in [-0.2, -0.15) is 12.6 Å². The number of rotatable bonds is 2. The number of thiol groups is 1. The van der Waals surface area contributed by atoms with Crippen molar-refractivity contribution in [2.45, 2.75) is 0 Å². The van der Waals surface area contributed by atoms with Crippen LogP contribution in [0.5, 0.6) is 0 Å². The highest BCUT2D eigenvalue weighted by atomic mass is 32.1. The standard InChI is InChI=1S/C6H8N2OS/c9-6(5-10)7-8-3-1-2-4-8/h1-4,10H,5H2,(H,7,9). The number of amides is 1. The molecule has 0 aliphatic heterocycles. The van der Waals surface area contributed by atoms with Crippen molar-refractivity contribution < 1.29 is 4.79 Å². The first kappa shape index (κ1) is 7.21. The average Bonchev–Trinajstić information content (AvgIpc) is 2.40. The van der Waals surface area contributed by atoms with Crippen molar-refractivity contribution in [1.29, 1.82) is 0 Å². The molecule has 0 radical (unpaired) electrons. The van der Waals surface area contributed by atoms with E-state index in [1.165, 1.54) is 0 Å². The molecule has 1 N–H and O–H groups in total. The van der Waals surface area contributed by atoms with Crippen LogP contribution < -0.4 is 5.43 Å². The van der Waals surface area contributed by atoms with Gasteiger partial charge in [0.2, 0.25) is 5.91 Å². The minimum atomic E-state index is -0.112. The van der Waals surface area contributed by atoms with Crippen molar-refractivity contribution in [3.8, 4) is 0 Å². The Kier molecular flexibility index (Phi) is 2.39. The van der Waals surface area contributed by atoms with Crippen LogP contribution in [0.15, 0.2) is 24.5 Å². The van der Waals surface area contributed by atoms with E-state index < -0.39 is 0 Å². The van der Waals surface area contributed by atoms with Crippen molar-refractivity contribution in [2.75, 3.05) is 11.2 Å². The Balaban J connectivity index is 2.48. The predicted molar refractivity (Wildman–Crippen MR) is 42.7 cm³/mol. The summed E-state index contributed by atoms with van der Waals surface area (Å²) in [5.41, 5.74) is 2.57. The SMILES string of the molecule is O=C(CS)Nn1cccc1. The number of hydrogen-bond donors (Lipinski definition) is 2. The van der Waals surface area contributed by atoms with Gasteiger partial charge in [0.1, 0.15) is 0 Å². The lowest BCUT2D eigenvalue weighted by Gasteiger charge is -2.01. The molecule has 0 saturated carbocycles. The predicted octanol–water partition coefficient (Wildman–Crippen LogP) is 0.488. The van der Waals surface area contributed by atoms with Gasteiger partial charge < -0.3 is 0 Å². The van der Waals surface area contributed by atoms with Crippen molar-refractivity contribution in [1.82, 2.24) is 4.68 Å². The zero-order valence-corrected chi connectivity index (χ0v) is 6.21. The molecule has 4 heteroatoms. The molecule has 54 valence electrons. The summed E-state index contributed by atoms with van der Waals surface area (Å²) in [6, 6.07) is 3.66. The lowest BCUT2D eigenvalue weighted by molar-refractivity contribution is -0.114. The summed E-state index contributed by atoms with van der Waals surface area (Å²) in [6.07, 6.45) is 3.50. The Morgan fingerprint density at radius 2 is 2.10 bits per heavy atom. The van der Waals surface area contributed by atoms with E-state index in [-0.39, 0.29) is 11.7 Å². The summed E-state index contributed by atoms with van der Waals surface area (Å²) in [7, 11) is 0. The number of aromatic nitrogens is 1. The third kappa shape index (κ3) is 1.80. The van der Waals surface area contributed by atoms with Gasteiger partial charge in [0, 0.05) is 12.4 Å². The van der Waals surface area contributed by atoms with Gasteiger partial charge in [0.25, 0.3) is 0 Å². The Bertz CT molecular complexity index is 208. The highest BCUT2D eigenvalue weighted by molar-refractivity contribution is 7.81. The van der Waals surface area contributed by atoms with Gasteiger partial charge in [-0.05, 0) is 12.1 Å². The van der Waals surface area contributed by atoms with Gasteiger partial charge in [0.05, 0.1) is 5.75 Å². The molecule has 0 aliphatic carbocycles. The Hall–Kier alpha value is -0.900. The van der Waals surface area contributed by atoms with Crippen LogP contribution in [-0.4, -0.2) is 16.3 Å². The second-order valence-corrected chi connectivity index (χ2v) is 2.10. The molecule has 0 aromatic carbocycles. The summed E-state index contributed by atoms with van der Waals surface area (Å²) in [6.45, 7) is 0. The van der Waals surface area contributed by atoms with Gasteiger partial charge >= 0.3 is 0 Å². The van der Waals surface area contributed by atoms with Crippen LogP contribution in [0.25, 0.3) is 0 Å². The summed E-state index contributed by atoms with van der Waals surface area (Å²) in [5.74, 6) is 0.0950. The number of nitrogens with zero attached hydrogens (tertiary/aromatic N) is 1. The zero-order chi connectivity index (χ0) is 7.40. The molecule has 1 heterocycles. The fourth-order valence-electron chi connectivity index (χ4n) is 0.588. The van der Waals surface area contributed by atoms with Crippen LogP contribution in [0.1, 0.15) is 0 Å². The maximum atomic E-state index is 10.7. The van der Waals surface area contributed by atoms with E-state index in [1.807, 2.05) is 12.1 Å². The largest absolute Gasteiger partial charge is 0.272 e. The van der Waals surface area contributed by atoms with Crippen LogP contribution in [0, 0.1) is 0 Å². The average molecular weight is 156 g/mol. The van der Waals surface area contributed by atoms with Crippen LogP contribution >= 0.6 is 12.6 Å². The molecule has 3 nitrogen and oxygen atoms in total. The molecule has 0 spiro atoms. The zero-order valence-electron chi connectivity index (χ0n) is 5.32. The van der Waals surface area contributed by atoms with Crippen molar-refractivity contribution in [3.63, 3.8) is 0 Å². The molecular weight excluding hydrogens is 148 g/mol. The minimum absolute atomic E-state index is 0.112. The van der Waals surface area contributed by atoms with E-state index in [1.54, 1.807) is 17.1 Å². The molecule has 0 fully saturated rings. The van der Waals surface area contributed by atoms with Gasteiger partial charge in [-0.1, -0.05) is 0 Å². The molecule has 10 heavy (non-hydrogen) atoms. The summed E-state index contributed by atoms with van der Waals surface area (Å²) < 4.78 is 1.58. The van der Waals surface area contributed by atoms with E-state index in [2.05, 4.69) is 18.1 Å². The Labute approximate surface area is 64.4 Å². The van der Waals surface area contributed by atoms with E-state index in [9.17, 15) is 4.79 Å². The monoisotopic (exact) mass is 156 g/mol. The molecule has 1 aromatic heterocycles. The van der Waals surface area contributed by atoms with Crippen LogP contribution in [0.2, 0.25) is 0 Å². The van der Waals surface area contributed by atoms with E-state index in [4.69, 9.17) is 0 Å². The Morgan fingerprint density at radius 1 is 1.50 bits per heavy atom. The quantitative estimate of drug-likeness (QED) is 0.600. The second-order valence-electron chi connectivity index (χ2n) is 1.78. The lowest BCUT2D eigenvalue weighted by atomic mass is 10.7. The number of carbonyl (C=O) groups is 1. The molecule has 0 atom stereocenters. The van der Waals surface area contributed by atoms with E-state index in [0.717, 1.165) is 0 Å². The van der Waals surface area contributed by atoms with Crippen molar-refractivity contribution in [2.24, 2.45) is 0 Å². The van der Waals surface area contributed by atoms with Gasteiger partial charge in [-0.3, -0.25) is 14.9 Å². The van der Waals surface area contributed by atoms with E-state index >= 15 is 0 Å². The molecule has 0 bridgehead atoms.